The highest BCUT2D eigenvalue weighted by Crippen LogP contribution is 2.37. The van der Waals surface area contributed by atoms with E-state index >= 15 is 0 Å². The number of benzene rings is 1. The number of aliphatic imine (C=N–C) groups is 1. The number of amides is 1. The van der Waals surface area contributed by atoms with Crippen LogP contribution in [-0.2, 0) is 0 Å². The first-order valence-electron chi connectivity index (χ1n) is 7.86. The molecule has 5 heteroatoms. The SMILES string of the molecule is CC[N+]1(C(=O)n2ccnc2)C=NC(c2ccccc2)=C1C(C)C. The molecule has 1 aromatic carbocycles. The standard InChI is InChI=1S/C18H21N4O/c1-4-22(18(23)21-11-10-19-12-21)13-20-16(17(22)14(2)3)15-8-6-5-7-9-15/h5-14H,4H2,1-3H3/q+1. The van der Waals surface area contributed by atoms with E-state index in [-0.39, 0.29) is 16.4 Å². The molecule has 0 bridgehead atoms. The lowest BCUT2D eigenvalue weighted by molar-refractivity contribution is -0.708. The van der Waals surface area contributed by atoms with Crippen molar-refractivity contribution >= 4 is 18.1 Å². The molecule has 0 fully saturated rings. The second kappa shape index (κ2) is 5.93. The zero-order chi connectivity index (χ0) is 16.4. The van der Waals surface area contributed by atoms with Crippen LogP contribution < -0.4 is 0 Å². The van der Waals surface area contributed by atoms with Gasteiger partial charge in [0.15, 0.2) is 5.70 Å². The summed E-state index contributed by atoms with van der Waals surface area (Å²) in [6, 6.07) is 9.98. The van der Waals surface area contributed by atoms with E-state index in [4.69, 9.17) is 0 Å². The average molecular weight is 309 g/mol. The lowest BCUT2D eigenvalue weighted by Gasteiger charge is -2.30. The highest BCUT2D eigenvalue weighted by atomic mass is 16.2. The molecule has 3 rings (SSSR count). The molecule has 1 aliphatic heterocycles. The third kappa shape index (κ3) is 2.43. The molecule has 23 heavy (non-hydrogen) atoms. The Balaban J connectivity index is 2.17. The van der Waals surface area contributed by atoms with E-state index in [2.05, 4.69) is 23.8 Å². The third-order valence-corrected chi connectivity index (χ3v) is 4.22. The lowest BCUT2D eigenvalue weighted by Crippen LogP contribution is -2.52. The van der Waals surface area contributed by atoms with Gasteiger partial charge in [0.05, 0.1) is 6.54 Å². The van der Waals surface area contributed by atoms with Crippen molar-refractivity contribution in [1.29, 1.82) is 0 Å². The minimum Gasteiger partial charge on any atom is -0.245 e. The molecule has 0 saturated carbocycles. The first kappa shape index (κ1) is 15.4. The summed E-state index contributed by atoms with van der Waals surface area (Å²) in [6.07, 6.45) is 6.61. The number of allylic oxidation sites excluding steroid dienone is 1. The normalized spacial score (nSPS) is 20.5. The van der Waals surface area contributed by atoms with Gasteiger partial charge in [-0.25, -0.2) is 14.3 Å². The topological polar surface area (TPSA) is 47.2 Å². The number of imidazole rings is 1. The summed E-state index contributed by atoms with van der Waals surface area (Å²) in [4.78, 5) is 21.8. The number of carbonyl (C=O) groups is 1. The van der Waals surface area contributed by atoms with Crippen molar-refractivity contribution in [3.63, 3.8) is 0 Å². The van der Waals surface area contributed by atoms with Crippen molar-refractivity contribution in [3.05, 3.63) is 60.3 Å². The van der Waals surface area contributed by atoms with Crippen LogP contribution in [0.5, 0.6) is 0 Å². The summed E-state index contributed by atoms with van der Waals surface area (Å²) in [6.45, 7) is 6.84. The molecule has 5 nitrogen and oxygen atoms in total. The van der Waals surface area contributed by atoms with E-state index in [1.807, 2.05) is 37.3 Å². The molecule has 0 saturated heterocycles. The summed E-state index contributed by atoms with van der Waals surface area (Å²) < 4.78 is 1.64. The van der Waals surface area contributed by atoms with E-state index in [0.717, 1.165) is 17.0 Å². The van der Waals surface area contributed by atoms with Gasteiger partial charge in [-0.1, -0.05) is 44.2 Å². The quantitative estimate of drug-likeness (QED) is 0.811. The molecule has 1 unspecified atom stereocenters. The zero-order valence-electron chi connectivity index (χ0n) is 13.7. The van der Waals surface area contributed by atoms with Gasteiger partial charge in [-0.05, 0) is 6.92 Å². The molecule has 2 aromatic rings. The molecule has 0 radical (unpaired) electrons. The Bertz CT molecular complexity index is 760. The molecule has 2 heterocycles. The van der Waals surface area contributed by atoms with Gasteiger partial charge in [-0.15, -0.1) is 0 Å². The van der Waals surface area contributed by atoms with E-state index in [1.54, 1.807) is 25.1 Å². The number of aromatic nitrogens is 2. The van der Waals surface area contributed by atoms with Crippen molar-refractivity contribution < 1.29 is 9.28 Å². The van der Waals surface area contributed by atoms with Crippen LogP contribution >= 0.6 is 0 Å². The average Bonchev–Trinajstić information content (AvgIpc) is 3.23. The van der Waals surface area contributed by atoms with E-state index in [1.165, 1.54) is 4.57 Å². The predicted molar refractivity (Wildman–Crippen MR) is 90.5 cm³/mol. The van der Waals surface area contributed by atoms with Crippen LogP contribution in [0.3, 0.4) is 0 Å². The molecule has 1 atom stereocenters. The molecule has 0 N–H and O–H groups in total. The number of carbonyl (C=O) groups excluding carboxylic acids is 1. The van der Waals surface area contributed by atoms with Gasteiger partial charge < -0.3 is 0 Å². The number of hydrogen-bond acceptors (Lipinski definition) is 3. The van der Waals surface area contributed by atoms with Crippen LogP contribution in [0, 0.1) is 5.92 Å². The molecule has 1 aromatic heterocycles. The van der Waals surface area contributed by atoms with E-state index < -0.39 is 0 Å². The monoisotopic (exact) mass is 309 g/mol. The molecule has 0 spiro atoms. The fourth-order valence-electron chi connectivity index (χ4n) is 3.14. The highest BCUT2D eigenvalue weighted by Gasteiger charge is 2.46. The van der Waals surface area contributed by atoms with Crippen LogP contribution in [0.4, 0.5) is 4.79 Å². The second-order valence-corrected chi connectivity index (χ2v) is 5.94. The van der Waals surface area contributed by atoms with Crippen LogP contribution in [0.1, 0.15) is 26.3 Å². The lowest BCUT2D eigenvalue weighted by atomic mass is 10.0. The van der Waals surface area contributed by atoms with Crippen molar-refractivity contribution in [1.82, 2.24) is 9.55 Å². The van der Waals surface area contributed by atoms with Crippen molar-refractivity contribution in [2.45, 2.75) is 20.8 Å². The Hall–Kier alpha value is -2.53. The van der Waals surface area contributed by atoms with Crippen LogP contribution in [0.2, 0.25) is 0 Å². The first-order chi connectivity index (χ1) is 11.1. The maximum absolute atomic E-state index is 13.1. The zero-order valence-corrected chi connectivity index (χ0v) is 13.7. The van der Waals surface area contributed by atoms with Crippen molar-refractivity contribution in [2.24, 2.45) is 10.9 Å². The van der Waals surface area contributed by atoms with Crippen LogP contribution in [-0.4, -0.2) is 32.9 Å². The molecule has 1 aliphatic rings. The Morgan fingerprint density at radius 3 is 2.57 bits per heavy atom. The molecular weight excluding hydrogens is 288 g/mol. The second-order valence-electron chi connectivity index (χ2n) is 5.94. The third-order valence-electron chi connectivity index (χ3n) is 4.22. The van der Waals surface area contributed by atoms with Gasteiger partial charge in [0.25, 0.3) is 0 Å². The fourth-order valence-corrected chi connectivity index (χ4v) is 3.14. The summed E-state index contributed by atoms with van der Waals surface area (Å²) in [5.74, 6) is 0.195. The minimum absolute atomic E-state index is 0.0524. The Morgan fingerprint density at radius 1 is 1.26 bits per heavy atom. The summed E-state index contributed by atoms with van der Waals surface area (Å²) >= 11 is 0. The maximum Gasteiger partial charge on any atom is 0.439 e. The predicted octanol–water partition coefficient (Wildman–Crippen LogP) is 3.75. The fraction of sp³-hybridized carbons (Fsp3) is 0.278. The van der Waals surface area contributed by atoms with Gasteiger partial charge in [0.2, 0.25) is 6.34 Å². The van der Waals surface area contributed by atoms with Crippen LogP contribution in [0.15, 0.2) is 59.7 Å². The maximum atomic E-state index is 13.1. The number of rotatable bonds is 3. The van der Waals surface area contributed by atoms with Crippen LogP contribution in [0.25, 0.3) is 5.70 Å². The molecular formula is C18H21N4O+. The summed E-state index contributed by atoms with van der Waals surface area (Å²) in [5, 5.41) is 0. The van der Waals surface area contributed by atoms with Gasteiger partial charge in [0.1, 0.15) is 12.0 Å². The van der Waals surface area contributed by atoms with Gasteiger partial charge in [0, 0.05) is 23.9 Å². The highest BCUT2D eigenvalue weighted by molar-refractivity contribution is 5.87. The van der Waals surface area contributed by atoms with Gasteiger partial charge >= 0.3 is 6.03 Å². The molecule has 0 aliphatic carbocycles. The smallest absolute Gasteiger partial charge is 0.245 e. The van der Waals surface area contributed by atoms with Crippen molar-refractivity contribution in [2.75, 3.05) is 6.54 Å². The Morgan fingerprint density at radius 2 is 2.00 bits per heavy atom. The Labute approximate surface area is 136 Å². The number of nitrogens with zero attached hydrogens (tertiary/aromatic N) is 4. The minimum atomic E-state index is -0.0524. The van der Waals surface area contributed by atoms with Gasteiger partial charge in [-0.2, -0.15) is 9.48 Å². The van der Waals surface area contributed by atoms with Crippen molar-refractivity contribution in [3.8, 4) is 0 Å². The Kier molecular flexibility index (Phi) is 3.96. The number of quaternary nitrogens is 1. The number of hydrogen-bond donors (Lipinski definition) is 0. The molecule has 118 valence electrons. The van der Waals surface area contributed by atoms with Gasteiger partial charge in [-0.3, -0.25) is 0 Å². The summed E-state index contributed by atoms with van der Waals surface area (Å²) in [7, 11) is 0. The first-order valence-corrected chi connectivity index (χ1v) is 7.86. The van der Waals surface area contributed by atoms with E-state index in [0.29, 0.717) is 6.54 Å². The molecule has 1 amide bonds. The largest absolute Gasteiger partial charge is 0.439 e. The summed E-state index contributed by atoms with van der Waals surface area (Å²) in [5.41, 5.74) is 2.97. The van der Waals surface area contributed by atoms with E-state index in [9.17, 15) is 4.79 Å².